The fourth-order valence-electron chi connectivity index (χ4n) is 1.74. The van der Waals surface area contributed by atoms with Crippen LogP contribution in [0.25, 0.3) is 0 Å². The van der Waals surface area contributed by atoms with Crippen molar-refractivity contribution in [3.63, 3.8) is 0 Å². The molecule has 3 N–H and O–H groups in total. The molecular formula is C17H20N2O4. The Hall–Kier alpha value is -2.62. The molecule has 1 aromatic carbocycles. The van der Waals surface area contributed by atoms with Gasteiger partial charge in [-0.2, -0.15) is 0 Å². The quantitative estimate of drug-likeness (QED) is 0.356. The summed E-state index contributed by atoms with van der Waals surface area (Å²) in [5.74, 6) is 1.20. The molecule has 2 atom stereocenters. The third kappa shape index (κ3) is 6.34. The van der Waals surface area contributed by atoms with Gasteiger partial charge in [0.15, 0.2) is 6.10 Å². The van der Waals surface area contributed by atoms with E-state index in [1.165, 1.54) is 6.08 Å². The zero-order valence-electron chi connectivity index (χ0n) is 12.7. The monoisotopic (exact) mass is 316 g/mol. The second kappa shape index (κ2) is 10.2. The number of nitrogens with one attached hydrogen (secondary N) is 2. The predicted molar refractivity (Wildman–Crippen MR) is 86.1 cm³/mol. The maximum Gasteiger partial charge on any atom is 0.356 e. The lowest BCUT2D eigenvalue weighted by atomic mass is 10.1. The molecule has 0 fully saturated rings. The van der Waals surface area contributed by atoms with Crippen LogP contribution in [-0.2, 0) is 9.63 Å². The largest absolute Gasteiger partial charge is 0.381 e. The van der Waals surface area contributed by atoms with E-state index in [0.717, 1.165) is 0 Å². The van der Waals surface area contributed by atoms with Gasteiger partial charge in [0, 0.05) is 13.0 Å². The maximum absolute atomic E-state index is 11.9. The first-order valence-corrected chi connectivity index (χ1v) is 7.12. The van der Waals surface area contributed by atoms with Crippen molar-refractivity contribution < 1.29 is 19.5 Å². The Morgan fingerprint density at radius 1 is 1.39 bits per heavy atom. The fourth-order valence-corrected chi connectivity index (χ4v) is 1.74. The van der Waals surface area contributed by atoms with Gasteiger partial charge < -0.3 is 15.3 Å². The van der Waals surface area contributed by atoms with Gasteiger partial charge in [-0.15, -0.1) is 24.4 Å². The second-order valence-electron chi connectivity index (χ2n) is 4.70. The number of carbonyl (C=O) groups excluding carboxylic acids is 2. The first-order chi connectivity index (χ1) is 11.1. The van der Waals surface area contributed by atoms with E-state index in [9.17, 15) is 14.7 Å². The standard InChI is InChI=1S/C17H20N2O4/c1-3-5-11-14(15(20)16(21)18-12-4-2)19-23-17(22)13-9-7-6-8-10-13/h1,4,6-10,14-15,19-20H,2,5,11-12H2,(H,18,21)/t14-,15-/m0/s1. The lowest BCUT2D eigenvalue weighted by Crippen LogP contribution is -2.49. The molecule has 0 saturated carbocycles. The Morgan fingerprint density at radius 3 is 2.70 bits per heavy atom. The van der Waals surface area contributed by atoms with E-state index < -0.39 is 24.0 Å². The number of terminal acetylenes is 1. The summed E-state index contributed by atoms with van der Waals surface area (Å²) in [6, 6.07) is 7.53. The fraction of sp³-hybridized carbons (Fsp3) is 0.294. The van der Waals surface area contributed by atoms with Crippen LogP contribution in [0.4, 0.5) is 0 Å². The normalized spacial score (nSPS) is 12.5. The van der Waals surface area contributed by atoms with E-state index in [4.69, 9.17) is 11.3 Å². The molecule has 0 aliphatic heterocycles. The summed E-state index contributed by atoms with van der Waals surface area (Å²) in [6.07, 6.45) is 5.86. The lowest BCUT2D eigenvalue weighted by Gasteiger charge is -2.22. The topological polar surface area (TPSA) is 87.7 Å². The number of amides is 1. The number of hydrogen-bond acceptors (Lipinski definition) is 5. The highest BCUT2D eigenvalue weighted by molar-refractivity contribution is 5.89. The van der Waals surface area contributed by atoms with Crippen LogP contribution in [0.15, 0.2) is 43.0 Å². The SMILES string of the molecule is C#CCC[C@H](NOC(=O)c1ccccc1)[C@H](O)C(=O)NCC=C. The van der Waals surface area contributed by atoms with Crippen molar-refractivity contribution in [2.45, 2.75) is 25.0 Å². The van der Waals surface area contributed by atoms with Gasteiger partial charge >= 0.3 is 5.97 Å². The van der Waals surface area contributed by atoms with E-state index in [-0.39, 0.29) is 13.0 Å². The van der Waals surface area contributed by atoms with Gasteiger partial charge in [0.2, 0.25) is 0 Å². The van der Waals surface area contributed by atoms with E-state index in [2.05, 4.69) is 23.3 Å². The van der Waals surface area contributed by atoms with Crippen LogP contribution in [0.1, 0.15) is 23.2 Å². The molecule has 0 aromatic heterocycles. The summed E-state index contributed by atoms with van der Waals surface area (Å²) in [7, 11) is 0. The molecule has 1 amide bonds. The van der Waals surface area contributed by atoms with Crippen molar-refractivity contribution in [2.24, 2.45) is 0 Å². The number of aliphatic hydroxyl groups is 1. The molecule has 6 nitrogen and oxygen atoms in total. The van der Waals surface area contributed by atoms with Crippen LogP contribution in [0.3, 0.4) is 0 Å². The van der Waals surface area contributed by atoms with Crippen molar-refractivity contribution in [2.75, 3.05) is 6.54 Å². The minimum Gasteiger partial charge on any atom is -0.381 e. The molecule has 6 heteroatoms. The minimum atomic E-state index is -1.41. The summed E-state index contributed by atoms with van der Waals surface area (Å²) < 4.78 is 0. The first-order valence-electron chi connectivity index (χ1n) is 7.12. The Balaban J connectivity index is 2.63. The van der Waals surface area contributed by atoms with Crippen LogP contribution < -0.4 is 10.8 Å². The zero-order valence-corrected chi connectivity index (χ0v) is 12.7. The van der Waals surface area contributed by atoms with Crippen molar-refractivity contribution >= 4 is 11.9 Å². The lowest BCUT2D eigenvalue weighted by molar-refractivity contribution is -0.132. The average Bonchev–Trinajstić information content (AvgIpc) is 2.59. The van der Waals surface area contributed by atoms with Gasteiger partial charge in [0.25, 0.3) is 5.91 Å². The van der Waals surface area contributed by atoms with Gasteiger partial charge in [-0.25, -0.2) is 4.79 Å². The molecule has 122 valence electrons. The highest BCUT2D eigenvalue weighted by Crippen LogP contribution is 2.06. The number of rotatable bonds is 9. The molecule has 0 unspecified atom stereocenters. The van der Waals surface area contributed by atoms with Crippen LogP contribution in [0.5, 0.6) is 0 Å². The molecule has 0 radical (unpaired) electrons. The molecule has 23 heavy (non-hydrogen) atoms. The highest BCUT2D eigenvalue weighted by atomic mass is 16.7. The van der Waals surface area contributed by atoms with Crippen molar-refractivity contribution in [1.29, 1.82) is 0 Å². The third-order valence-electron chi connectivity index (χ3n) is 2.98. The Bertz CT molecular complexity index is 566. The number of carbonyl (C=O) groups is 2. The molecule has 0 aliphatic carbocycles. The first kappa shape index (κ1) is 18.4. The average molecular weight is 316 g/mol. The predicted octanol–water partition coefficient (Wildman–Crippen LogP) is 0.793. The van der Waals surface area contributed by atoms with Gasteiger partial charge in [-0.3, -0.25) is 4.79 Å². The maximum atomic E-state index is 11.9. The highest BCUT2D eigenvalue weighted by Gasteiger charge is 2.26. The molecule has 0 aliphatic rings. The number of hydroxylamine groups is 1. The molecule has 0 spiro atoms. The molecule has 0 heterocycles. The van der Waals surface area contributed by atoms with E-state index in [0.29, 0.717) is 12.0 Å². The van der Waals surface area contributed by atoms with Crippen molar-refractivity contribution in [3.8, 4) is 12.3 Å². The second-order valence-corrected chi connectivity index (χ2v) is 4.70. The van der Waals surface area contributed by atoms with Gasteiger partial charge in [0.05, 0.1) is 11.6 Å². The van der Waals surface area contributed by atoms with Crippen LogP contribution in [0.2, 0.25) is 0 Å². The van der Waals surface area contributed by atoms with Gasteiger partial charge in [0.1, 0.15) is 0 Å². The number of aliphatic hydroxyl groups excluding tert-OH is 1. The van der Waals surface area contributed by atoms with E-state index >= 15 is 0 Å². The molecule has 0 bridgehead atoms. The van der Waals surface area contributed by atoms with Crippen LogP contribution in [0, 0.1) is 12.3 Å². The summed E-state index contributed by atoms with van der Waals surface area (Å²) in [4.78, 5) is 28.6. The van der Waals surface area contributed by atoms with Crippen molar-refractivity contribution in [3.05, 3.63) is 48.6 Å². The van der Waals surface area contributed by atoms with Gasteiger partial charge in [-0.05, 0) is 18.6 Å². The molecule has 0 saturated heterocycles. The Kier molecular flexibility index (Phi) is 8.14. The molecular weight excluding hydrogens is 296 g/mol. The van der Waals surface area contributed by atoms with Crippen LogP contribution in [-0.4, -0.2) is 35.7 Å². The Labute approximate surface area is 135 Å². The summed E-state index contributed by atoms with van der Waals surface area (Å²) in [5, 5.41) is 12.5. The molecule has 1 aromatic rings. The number of benzene rings is 1. The number of hydrogen-bond donors (Lipinski definition) is 3. The molecule has 1 rings (SSSR count). The Morgan fingerprint density at radius 2 is 2.09 bits per heavy atom. The summed E-state index contributed by atoms with van der Waals surface area (Å²) in [6.45, 7) is 3.70. The van der Waals surface area contributed by atoms with Crippen molar-refractivity contribution in [1.82, 2.24) is 10.8 Å². The summed E-state index contributed by atoms with van der Waals surface area (Å²) in [5.41, 5.74) is 2.78. The third-order valence-corrected chi connectivity index (χ3v) is 2.98. The smallest absolute Gasteiger partial charge is 0.356 e. The van der Waals surface area contributed by atoms with E-state index in [1.807, 2.05) is 0 Å². The van der Waals surface area contributed by atoms with E-state index in [1.54, 1.807) is 30.3 Å². The van der Waals surface area contributed by atoms with Crippen LogP contribution >= 0.6 is 0 Å². The minimum absolute atomic E-state index is 0.224. The van der Waals surface area contributed by atoms with Gasteiger partial charge in [-0.1, -0.05) is 24.3 Å². The summed E-state index contributed by atoms with van der Waals surface area (Å²) >= 11 is 0. The zero-order chi connectivity index (χ0) is 17.1.